The van der Waals surface area contributed by atoms with Gasteiger partial charge in [0.15, 0.2) is 9.84 Å². The molecule has 2 atom stereocenters. The maximum atomic E-state index is 12.5. The zero-order valence-electron chi connectivity index (χ0n) is 17.6. The monoisotopic (exact) mass is 421 g/mol. The number of aliphatic imine (C=N–C) groups is 1. The molecule has 0 saturated heterocycles. The fourth-order valence-corrected chi connectivity index (χ4v) is 5.94. The van der Waals surface area contributed by atoms with E-state index in [9.17, 15) is 8.42 Å². The topological polar surface area (TPSA) is 70.6 Å². The summed E-state index contributed by atoms with van der Waals surface area (Å²) in [5.74, 6) is 0.0975. The Kier molecular flexibility index (Phi) is 4.25. The lowest BCUT2D eigenvalue weighted by molar-refractivity contribution is 0.597. The Bertz CT molecular complexity index is 1210. The van der Waals surface area contributed by atoms with Crippen LogP contribution in [0.25, 0.3) is 11.1 Å². The van der Waals surface area contributed by atoms with Crippen molar-refractivity contribution in [1.82, 2.24) is 5.32 Å². The number of sulfone groups is 1. The highest BCUT2D eigenvalue weighted by atomic mass is 32.2. The molecule has 30 heavy (non-hydrogen) atoms. The number of allylic oxidation sites excluding steroid dienone is 1. The van der Waals surface area contributed by atoms with Crippen LogP contribution in [0.5, 0.6) is 0 Å². The standard InChI is InChI=1S/C24H27N3O2S/c1-4-25-14-17-9-20(18-7-6-8-19(11-18)30(28,29)5-2)22-21(10-17)27-24-15-23(22,24)12-16(3)13-26-24/h6-13,25,27H,4-5,14-15H2,1-3H3. The molecule has 1 saturated carbocycles. The minimum Gasteiger partial charge on any atom is -0.360 e. The molecule has 3 aliphatic rings. The Balaban J connectivity index is 1.71. The summed E-state index contributed by atoms with van der Waals surface area (Å²) in [5.41, 5.74) is 6.31. The Labute approximate surface area is 178 Å². The molecule has 2 aromatic carbocycles. The Hall–Kier alpha value is -2.44. The van der Waals surface area contributed by atoms with E-state index in [4.69, 9.17) is 4.99 Å². The van der Waals surface area contributed by atoms with Gasteiger partial charge in [-0.05, 0) is 65.6 Å². The van der Waals surface area contributed by atoms with E-state index in [0.29, 0.717) is 4.90 Å². The number of hydrogen-bond donors (Lipinski definition) is 2. The number of rotatable bonds is 6. The molecule has 2 heterocycles. The van der Waals surface area contributed by atoms with Crippen molar-refractivity contribution in [2.24, 2.45) is 4.99 Å². The van der Waals surface area contributed by atoms with Gasteiger partial charge in [-0.1, -0.05) is 32.1 Å². The molecule has 0 aromatic heterocycles. The molecular weight excluding hydrogens is 394 g/mol. The van der Waals surface area contributed by atoms with Crippen LogP contribution in [-0.4, -0.2) is 32.6 Å². The van der Waals surface area contributed by atoms with E-state index in [0.717, 1.165) is 36.3 Å². The highest BCUT2D eigenvalue weighted by Gasteiger charge is 2.73. The van der Waals surface area contributed by atoms with Gasteiger partial charge in [-0.2, -0.15) is 0 Å². The van der Waals surface area contributed by atoms with Crippen LogP contribution in [0.2, 0.25) is 0 Å². The lowest BCUT2D eigenvalue weighted by Gasteiger charge is -2.20. The van der Waals surface area contributed by atoms with Gasteiger partial charge in [0.2, 0.25) is 0 Å². The van der Waals surface area contributed by atoms with Crippen molar-refractivity contribution < 1.29 is 8.42 Å². The van der Waals surface area contributed by atoms with E-state index in [1.807, 2.05) is 24.4 Å². The summed E-state index contributed by atoms with van der Waals surface area (Å²) < 4.78 is 25.0. The van der Waals surface area contributed by atoms with Crippen molar-refractivity contribution in [3.05, 3.63) is 59.2 Å². The summed E-state index contributed by atoms with van der Waals surface area (Å²) >= 11 is 0. The molecule has 2 aliphatic heterocycles. The average molecular weight is 422 g/mol. The maximum absolute atomic E-state index is 12.5. The molecule has 2 N–H and O–H groups in total. The zero-order chi connectivity index (χ0) is 21.1. The molecule has 0 bridgehead atoms. The number of benzene rings is 2. The van der Waals surface area contributed by atoms with E-state index < -0.39 is 9.84 Å². The second-order valence-corrected chi connectivity index (χ2v) is 10.8. The third-order valence-corrected chi connectivity index (χ3v) is 8.29. The number of fused-ring (bicyclic) bond motifs is 1. The van der Waals surface area contributed by atoms with Crippen molar-refractivity contribution in [1.29, 1.82) is 0 Å². The largest absolute Gasteiger partial charge is 0.360 e. The Morgan fingerprint density at radius 2 is 2.03 bits per heavy atom. The normalized spacial score (nSPS) is 25.8. The highest BCUT2D eigenvalue weighted by molar-refractivity contribution is 7.91. The third kappa shape index (κ3) is 2.70. The van der Waals surface area contributed by atoms with Gasteiger partial charge in [0, 0.05) is 24.9 Å². The molecule has 0 amide bonds. The molecular formula is C24H27N3O2S. The minimum absolute atomic E-state index is 0.0975. The first kappa shape index (κ1) is 19.5. The molecule has 5 rings (SSSR count). The number of nitrogens with one attached hydrogen (secondary N) is 2. The van der Waals surface area contributed by atoms with E-state index >= 15 is 0 Å². The average Bonchev–Trinajstić information content (AvgIpc) is 3.31. The predicted molar refractivity (Wildman–Crippen MR) is 122 cm³/mol. The van der Waals surface area contributed by atoms with Crippen molar-refractivity contribution in [2.75, 3.05) is 17.6 Å². The minimum atomic E-state index is -3.27. The molecule has 2 aromatic rings. The number of anilines is 1. The van der Waals surface area contributed by atoms with Crippen LogP contribution in [0.4, 0.5) is 5.69 Å². The predicted octanol–water partition coefficient (Wildman–Crippen LogP) is 4.05. The molecule has 2 unspecified atom stereocenters. The fraction of sp³-hybridized carbons (Fsp3) is 0.375. The van der Waals surface area contributed by atoms with Crippen molar-refractivity contribution in [3.63, 3.8) is 0 Å². The van der Waals surface area contributed by atoms with Gasteiger partial charge in [0.05, 0.1) is 16.1 Å². The van der Waals surface area contributed by atoms with Crippen LogP contribution in [-0.2, 0) is 21.8 Å². The quantitative estimate of drug-likeness (QED) is 0.738. The van der Waals surface area contributed by atoms with Gasteiger partial charge >= 0.3 is 0 Å². The van der Waals surface area contributed by atoms with Gasteiger partial charge in [0.25, 0.3) is 0 Å². The van der Waals surface area contributed by atoms with Crippen LogP contribution in [0.1, 0.15) is 38.3 Å². The molecule has 0 spiro atoms. The number of hydrogen-bond acceptors (Lipinski definition) is 5. The van der Waals surface area contributed by atoms with Gasteiger partial charge in [-0.15, -0.1) is 0 Å². The first-order chi connectivity index (χ1) is 14.3. The van der Waals surface area contributed by atoms with Crippen LogP contribution in [0.3, 0.4) is 0 Å². The molecule has 5 nitrogen and oxygen atoms in total. The summed E-state index contributed by atoms with van der Waals surface area (Å²) in [4.78, 5) is 5.25. The van der Waals surface area contributed by atoms with Crippen molar-refractivity contribution in [3.8, 4) is 11.1 Å². The van der Waals surface area contributed by atoms with E-state index in [1.54, 1.807) is 13.0 Å². The molecule has 6 heteroatoms. The van der Waals surface area contributed by atoms with Crippen LogP contribution >= 0.6 is 0 Å². The lowest BCUT2D eigenvalue weighted by Crippen LogP contribution is -2.25. The molecule has 1 aliphatic carbocycles. The maximum Gasteiger partial charge on any atom is 0.178 e. The van der Waals surface area contributed by atoms with Crippen LogP contribution in [0, 0.1) is 0 Å². The molecule has 0 radical (unpaired) electrons. The summed E-state index contributed by atoms with van der Waals surface area (Å²) in [6.07, 6.45) is 5.23. The van der Waals surface area contributed by atoms with Crippen LogP contribution in [0.15, 0.2) is 57.9 Å². The van der Waals surface area contributed by atoms with Crippen molar-refractivity contribution >= 4 is 21.7 Å². The van der Waals surface area contributed by atoms with E-state index in [2.05, 4.69) is 42.7 Å². The first-order valence-corrected chi connectivity index (χ1v) is 12.2. The van der Waals surface area contributed by atoms with Gasteiger partial charge < -0.3 is 10.6 Å². The van der Waals surface area contributed by atoms with Crippen LogP contribution < -0.4 is 10.6 Å². The SMILES string of the molecule is CCNCc1cc2c(c(-c3cccc(S(=O)(=O)CC)c3)c1)C13C=C(C)C=NC1(C3)N2. The fourth-order valence-electron chi connectivity index (χ4n) is 5.01. The zero-order valence-corrected chi connectivity index (χ0v) is 18.4. The number of nitrogens with zero attached hydrogens (tertiary/aromatic N) is 1. The summed E-state index contributed by atoms with van der Waals surface area (Å²) in [6, 6.07) is 11.8. The Morgan fingerprint density at radius 3 is 2.80 bits per heavy atom. The Morgan fingerprint density at radius 1 is 1.20 bits per heavy atom. The summed E-state index contributed by atoms with van der Waals surface area (Å²) in [6.45, 7) is 7.53. The van der Waals surface area contributed by atoms with Gasteiger partial charge in [-0.25, -0.2) is 8.42 Å². The number of dihydropyridines is 1. The first-order valence-electron chi connectivity index (χ1n) is 10.6. The summed E-state index contributed by atoms with van der Waals surface area (Å²) in [7, 11) is -3.27. The lowest BCUT2D eigenvalue weighted by atomic mass is 9.84. The smallest absolute Gasteiger partial charge is 0.178 e. The second kappa shape index (κ2) is 6.53. The van der Waals surface area contributed by atoms with Crippen molar-refractivity contribution in [2.45, 2.75) is 49.7 Å². The van der Waals surface area contributed by atoms with E-state index in [-0.39, 0.29) is 16.8 Å². The third-order valence-electron chi connectivity index (χ3n) is 6.56. The van der Waals surface area contributed by atoms with Gasteiger partial charge in [-0.3, -0.25) is 4.99 Å². The van der Waals surface area contributed by atoms with E-state index in [1.165, 1.54) is 16.7 Å². The second-order valence-electron chi connectivity index (χ2n) is 8.56. The molecule has 156 valence electrons. The summed E-state index contributed by atoms with van der Waals surface area (Å²) in [5, 5.41) is 7.10. The highest BCUT2D eigenvalue weighted by Crippen LogP contribution is 2.70. The van der Waals surface area contributed by atoms with Gasteiger partial charge in [0.1, 0.15) is 5.66 Å². The molecule has 1 fully saturated rings.